The van der Waals surface area contributed by atoms with Gasteiger partial charge < -0.3 is 0 Å². The van der Waals surface area contributed by atoms with Crippen LogP contribution in [0.4, 0.5) is 0 Å². The van der Waals surface area contributed by atoms with Gasteiger partial charge in [0.1, 0.15) is 0 Å². The first-order valence-electron chi connectivity index (χ1n) is 0.204. The normalized spacial score (nSPS) is 0.500. The van der Waals surface area contributed by atoms with E-state index in [1.54, 1.807) is 0 Å². The van der Waals surface area contributed by atoms with Gasteiger partial charge in [0, 0.05) is 33.8 Å². The van der Waals surface area contributed by atoms with Crippen LogP contribution >= 0.6 is 0 Å². The van der Waals surface area contributed by atoms with Crippen molar-refractivity contribution in [3.05, 3.63) is 0 Å². The molecule has 0 unspecified atom stereocenters. The number of rotatable bonds is 0. The van der Waals surface area contributed by atoms with E-state index >= 15 is 0 Å². The summed E-state index contributed by atoms with van der Waals surface area (Å²) < 4.78 is 8.25. The van der Waals surface area contributed by atoms with E-state index in [4.69, 9.17) is 3.32 Å². The van der Waals surface area contributed by atoms with Crippen molar-refractivity contribution in [2.24, 2.45) is 0 Å². The summed E-state index contributed by atoms with van der Waals surface area (Å²) in [6, 6.07) is 0. The third kappa shape index (κ3) is 28.4. The van der Waals surface area contributed by atoms with E-state index in [0.29, 0.717) is 0 Å². The summed E-state index contributed by atoms with van der Waals surface area (Å²) >= 11 is 0.750. The van der Waals surface area contributed by atoms with E-state index in [-0.39, 0.29) is 76.6 Å². The third-order valence-electron chi connectivity index (χ3n) is 0. The first kappa shape index (κ1) is 36.3. The summed E-state index contributed by atoms with van der Waals surface area (Å²) in [4.78, 5) is 0. The van der Waals surface area contributed by atoms with Crippen LogP contribution in [0.5, 0.6) is 0 Å². The molecule has 2 radical (unpaired) electrons. The Hall–Kier alpha value is 2.94. The van der Waals surface area contributed by atoms with Crippen molar-refractivity contribution in [2.45, 2.75) is 0 Å². The molecule has 0 saturated heterocycles. The zero-order valence-corrected chi connectivity index (χ0v) is 5.09. The monoisotopic (exact) mass is 318 g/mol. The van der Waals surface area contributed by atoms with Gasteiger partial charge in [0.25, 0.3) is 0 Å². The molecule has 0 aromatic rings. The molecule has 0 aliphatic heterocycles. The molecule has 0 spiro atoms. The molecule has 0 fully saturated rings. The molecule has 0 heterocycles. The molecule has 1 nitrogen and oxygen atoms in total. The Kier molecular flexibility index (Phi) is 268. The summed E-state index contributed by atoms with van der Waals surface area (Å²) in [5, 5.41) is 0. The summed E-state index contributed by atoms with van der Waals surface area (Å²) in [7, 11) is 0. The van der Waals surface area contributed by atoms with E-state index < -0.39 is 0 Å². The fourth-order valence-corrected chi connectivity index (χ4v) is 0. The molecule has 0 aliphatic rings. The first-order valence-corrected chi connectivity index (χ1v) is 0.842. The quantitative estimate of drug-likeness (QED) is 0.463. The molecule has 0 aliphatic carbocycles. The molecule has 0 saturated carbocycles. The van der Waals surface area contributed by atoms with Crippen molar-refractivity contribution in [3.63, 3.8) is 0 Å². The number of hydrogen-bond acceptors (Lipinski definition) is 1. The molecule has 0 bridgehead atoms. The zero-order chi connectivity index (χ0) is 2.00. The fraction of sp³-hybridized carbons (Fsp3) is 0. The molecular weight excluding hydrogens is 312 g/mol. The average Bonchev–Trinajstić information content (AvgIpc) is 1.00. The van der Waals surface area contributed by atoms with Crippen molar-refractivity contribution < 1.29 is 57.6 Å². The Morgan fingerprint density at radius 1 is 1.17 bits per heavy atom. The maximum absolute atomic E-state index is 8.25. The van der Waals surface area contributed by atoms with Crippen LogP contribution in [-0.4, -0.2) is 42.8 Å². The van der Waals surface area contributed by atoms with Crippen molar-refractivity contribution in [3.8, 4) is 0 Å². The molecule has 40 valence electrons. The van der Waals surface area contributed by atoms with Gasteiger partial charge in [-0.25, -0.2) is 0 Å². The summed E-state index contributed by atoms with van der Waals surface area (Å²) in [5.74, 6) is 0. The second kappa shape index (κ2) is 44.3. The summed E-state index contributed by atoms with van der Waals surface area (Å²) in [6.45, 7) is 0. The average molecular weight is 317 g/mol. The second-order valence-electron chi connectivity index (χ2n) is 0. The Morgan fingerprint density at radius 2 is 1.17 bits per heavy atom. The van der Waals surface area contributed by atoms with Crippen LogP contribution in [0.3, 0.4) is 0 Å². The van der Waals surface area contributed by atoms with Crippen molar-refractivity contribution in [1.29, 1.82) is 0 Å². The van der Waals surface area contributed by atoms with Gasteiger partial charge in [0.2, 0.25) is 0 Å². The van der Waals surface area contributed by atoms with Crippen LogP contribution in [0.1, 0.15) is 0 Å². The van der Waals surface area contributed by atoms with E-state index in [0.717, 1.165) is 20.4 Å². The van der Waals surface area contributed by atoms with E-state index in [2.05, 4.69) is 0 Å². The molecule has 0 rings (SSSR count). The van der Waals surface area contributed by atoms with Crippen LogP contribution in [0.2, 0.25) is 0 Å². The third-order valence-corrected chi connectivity index (χ3v) is 0. The fourth-order valence-electron chi connectivity index (χ4n) is 0. The molecule has 0 N–H and O–H groups in total. The molecular formula is H5CoCuLiOSnTi. The van der Waals surface area contributed by atoms with Gasteiger partial charge in [-0.15, -0.1) is 0 Å². The van der Waals surface area contributed by atoms with E-state index in [9.17, 15) is 0 Å². The zero-order valence-electron chi connectivity index (χ0n) is 1.54. The predicted octanol–water partition coefficient (Wildman–Crippen LogP) is -2.23. The molecule has 0 aromatic carbocycles. The van der Waals surface area contributed by atoms with E-state index in [1.165, 1.54) is 0 Å². The van der Waals surface area contributed by atoms with Gasteiger partial charge in [-0.05, 0) is 0 Å². The van der Waals surface area contributed by atoms with Crippen LogP contribution in [0.25, 0.3) is 0 Å². The first-order chi connectivity index (χ1) is 1.00. The van der Waals surface area contributed by atoms with Crippen molar-refractivity contribution in [1.82, 2.24) is 0 Å². The van der Waals surface area contributed by atoms with Gasteiger partial charge in [0.05, 0.1) is 0 Å². The number of hydrogen-bond donors (Lipinski definition) is 0. The SMILES string of the molecule is [Co].[Cu].[LiH].[O]=[Ti].[SnH4]. The Balaban J connectivity index is -0.000000000833. The van der Waals surface area contributed by atoms with Crippen LogP contribution < -0.4 is 0 Å². The summed E-state index contributed by atoms with van der Waals surface area (Å²) in [6.07, 6.45) is 0. The van der Waals surface area contributed by atoms with Gasteiger partial charge in [-0.3, -0.25) is 0 Å². The van der Waals surface area contributed by atoms with E-state index in [1.807, 2.05) is 0 Å². The predicted molar refractivity (Wildman–Crippen MR) is 19.2 cm³/mol. The minimum absolute atomic E-state index is 0. The molecule has 6 heavy (non-hydrogen) atoms. The molecule has 0 aromatic heterocycles. The van der Waals surface area contributed by atoms with Gasteiger partial charge >= 0.3 is 66.5 Å². The standard InChI is InChI=1S/Co.Cu.Li.O.Sn.Ti.5H. The van der Waals surface area contributed by atoms with Gasteiger partial charge in [0.15, 0.2) is 0 Å². The Morgan fingerprint density at radius 3 is 1.17 bits per heavy atom. The second-order valence-corrected chi connectivity index (χ2v) is 0. The van der Waals surface area contributed by atoms with Crippen molar-refractivity contribution >= 4 is 42.8 Å². The van der Waals surface area contributed by atoms with Crippen LogP contribution in [0.15, 0.2) is 0 Å². The molecule has 0 amide bonds. The molecule has 6 heteroatoms. The van der Waals surface area contributed by atoms with Gasteiger partial charge in [-0.2, -0.15) is 0 Å². The van der Waals surface area contributed by atoms with Crippen LogP contribution in [0, 0.1) is 0 Å². The van der Waals surface area contributed by atoms with Crippen LogP contribution in [-0.2, 0) is 57.6 Å². The summed E-state index contributed by atoms with van der Waals surface area (Å²) in [5.41, 5.74) is 0. The topological polar surface area (TPSA) is 17.1 Å². The maximum atomic E-state index is 8.25. The molecule has 0 atom stereocenters. The Bertz CT molecular complexity index is 15.5. The van der Waals surface area contributed by atoms with Crippen molar-refractivity contribution in [2.75, 3.05) is 0 Å². The minimum atomic E-state index is 0. The Labute approximate surface area is 98.7 Å². The van der Waals surface area contributed by atoms with Gasteiger partial charge in [-0.1, -0.05) is 0 Å².